The molecular formula is C13H9NO6. The van der Waals surface area contributed by atoms with Crippen LogP contribution >= 0.6 is 0 Å². The Morgan fingerprint density at radius 3 is 1.95 bits per heavy atom. The van der Waals surface area contributed by atoms with Crippen LogP contribution in [0.15, 0.2) is 24.3 Å². The molecule has 1 fully saturated rings. The second kappa shape index (κ2) is 3.66. The zero-order valence-corrected chi connectivity index (χ0v) is 10.1. The summed E-state index contributed by atoms with van der Waals surface area (Å²) in [6, 6.07) is 5.96. The van der Waals surface area contributed by atoms with Crippen LogP contribution in [0, 0.1) is 5.92 Å². The highest BCUT2D eigenvalue weighted by atomic mass is 16.4. The quantitative estimate of drug-likeness (QED) is 0.762. The largest absolute Gasteiger partial charge is 0.481 e. The van der Waals surface area contributed by atoms with Crippen molar-refractivity contribution in [3.05, 3.63) is 35.4 Å². The van der Waals surface area contributed by atoms with Crippen LogP contribution in [0.2, 0.25) is 0 Å². The fraction of sp³-hybridized carbons (Fsp3) is 0.231. The molecule has 0 aromatic heterocycles. The number of imide groups is 1. The lowest BCUT2D eigenvalue weighted by Crippen LogP contribution is -2.49. The van der Waals surface area contributed by atoms with Crippen molar-refractivity contribution in [1.29, 1.82) is 0 Å². The van der Waals surface area contributed by atoms with Gasteiger partial charge in [0.1, 0.15) is 0 Å². The third-order valence-corrected chi connectivity index (χ3v) is 3.79. The molecule has 7 nitrogen and oxygen atoms in total. The maximum atomic E-state index is 12.2. The highest BCUT2D eigenvalue weighted by Gasteiger charge is 2.72. The van der Waals surface area contributed by atoms with E-state index in [1.807, 2.05) is 0 Å². The van der Waals surface area contributed by atoms with E-state index in [0.717, 1.165) is 0 Å². The molecule has 0 bridgehead atoms. The number of fused-ring (bicyclic) bond motifs is 1. The van der Waals surface area contributed by atoms with Gasteiger partial charge in [-0.05, 0) is 18.6 Å². The van der Waals surface area contributed by atoms with Gasteiger partial charge in [0.05, 0.1) is 17.0 Å². The summed E-state index contributed by atoms with van der Waals surface area (Å²) in [4.78, 5) is 47.4. The van der Waals surface area contributed by atoms with Crippen molar-refractivity contribution in [3.8, 4) is 0 Å². The van der Waals surface area contributed by atoms with Gasteiger partial charge in [-0.25, -0.2) is 4.79 Å². The summed E-state index contributed by atoms with van der Waals surface area (Å²) in [5.74, 6) is -5.57. The van der Waals surface area contributed by atoms with Gasteiger partial charge < -0.3 is 10.2 Å². The molecule has 0 unspecified atom stereocenters. The maximum absolute atomic E-state index is 12.2. The molecule has 1 aromatic rings. The highest BCUT2D eigenvalue weighted by Crippen LogP contribution is 2.51. The Labute approximate surface area is 112 Å². The Morgan fingerprint density at radius 2 is 1.60 bits per heavy atom. The molecule has 1 aliphatic heterocycles. The molecule has 1 saturated carbocycles. The minimum absolute atomic E-state index is 0.106. The third-order valence-electron chi connectivity index (χ3n) is 3.79. The van der Waals surface area contributed by atoms with Crippen LogP contribution in [0.5, 0.6) is 0 Å². The summed E-state index contributed by atoms with van der Waals surface area (Å²) in [5.41, 5.74) is -1.75. The molecule has 1 aliphatic carbocycles. The van der Waals surface area contributed by atoms with Gasteiger partial charge in [0.2, 0.25) is 0 Å². The van der Waals surface area contributed by atoms with E-state index < -0.39 is 35.2 Å². The van der Waals surface area contributed by atoms with E-state index in [2.05, 4.69) is 0 Å². The van der Waals surface area contributed by atoms with Crippen LogP contribution in [0.3, 0.4) is 0 Å². The second-order valence-corrected chi connectivity index (χ2v) is 4.82. The predicted molar refractivity (Wildman–Crippen MR) is 63.1 cm³/mol. The minimum Gasteiger partial charge on any atom is -0.481 e. The number of benzene rings is 1. The molecule has 0 spiro atoms. The van der Waals surface area contributed by atoms with Gasteiger partial charge in [-0.3, -0.25) is 19.3 Å². The molecule has 2 atom stereocenters. The molecule has 3 rings (SSSR count). The summed E-state index contributed by atoms with van der Waals surface area (Å²) in [7, 11) is 0. The first kappa shape index (κ1) is 12.3. The third kappa shape index (κ3) is 1.29. The molecule has 1 aromatic carbocycles. The molecule has 0 radical (unpaired) electrons. The number of rotatable bonds is 3. The molecule has 2 N–H and O–H groups in total. The summed E-state index contributed by atoms with van der Waals surface area (Å²) >= 11 is 0. The first-order chi connectivity index (χ1) is 9.41. The number of hydrogen-bond donors (Lipinski definition) is 2. The Kier molecular flexibility index (Phi) is 2.26. The van der Waals surface area contributed by atoms with E-state index in [4.69, 9.17) is 5.11 Å². The van der Waals surface area contributed by atoms with Crippen LogP contribution in [0.4, 0.5) is 0 Å². The van der Waals surface area contributed by atoms with E-state index in [1.165, 1.54) is 12.1 Å². The molecule has 1 heterocycles. The molecule has 2 amide bonds. The van der Waals surface area contributed by atoms with Crippen molar-refractivity contribution < 1.29 is 29.4 Å². The Hall–Kier alpha value is -2.70. The number of carbonyl (C=O) groups is 4. The summed E-state index contributed by atoms with van der Waals surface area (Å²) < 4.78 is 0. The SMILES string of the molecule is O=C(O)[C@H]1C[C@@]1(C(=O)O)N1C(=O)c2ccccc2C1=O. The molecule has 102 valence electrons. The maximum Gasteiger partial charge on any atom is 0.331 e. The van der Waals surface area contributed by atoms with Crippen molar-refractivity contribution in [3.63, 3.8) is 0 Å². The summed E-state index contributed by atoms with van der Waals surface area (Å²) in [6.07, 6.45) is -0.261. The fourth-order valence-electron chi connectivity index (χ4n) is 2.67. The second-order valence-electron chi connectivity index (χ2n) is 4.82. The number of nitrogens with zero attached hydrogens (tertiary/aromatic N) is 1. The highest BCUT2D eigenvalue weighted by molar-refractivity contribution is 6.24. The van der Waals surface area contributed by atoms with E-state index in [9.17, 15) is 24.3 Å². The summed E-state index contributed by atoms with van der Waals surface area (Å²) in [5, 5.41) is 18.3. The molecule has 7 heteroatoms. The molecule has 0 saturated heterocycles. The Morgan fingerprint density at radius 1 is 1.10 bits per heavy atom. The van der Waals surface area contributed by atoms with Crippen LogP contribution in [0.25, 0.3) is 0 Å². The lowest BCUT2D eigenvalue weighted by atomic mass is 10.1. The van der Waals surface area contributed by atoms with Crippen molar-refractivity contribution in [1.82, 2.24) is 4.90 Å². The standard InChI is InChI=1S/C13H9NO6/c15-9-6-3-1-2-4-7(6)10(16)14(9)13(12(19)20)5-8(13)11(17)18/h1-4,8H,5H2,(H,17,18)(H,19,20)/t8-,13-/m1/s1. The van der Waals surface area contributed by atoms with Gasteiger partial charge in [-0.15, -0.1) is 0 Å². The zero-order chi connectivity index (χ0) is 14.7. The number of carboxylic acid groups (broad SMARTS) is 2. The van der Waals surface area contributed by atoms with Gasteiger partial charge in [0.25, 0.3) is 11.8 Å². The van der Waals surface area contributed by atoms with E-state index in [1.54, 1.807) is 12.1 Å². The van der Waals surface area contributed by atoms with E-state index >= 15 is 0 Å². The first-order valence-corrected chi connectivity index (χ1v) is 5.85. The van der Waals surface area contributed by atoms with E-state index in [0.29, 0.717) is 4.90 Å². The average Bonchev–Trinajstić information content (AvgIpc) is 3.10. The lowest BCUT2D eigenvalue weighted by Gasteiger charge is -2.22. The minimum atomic E-state index is -1.96. The molecule has 2 aliphatic rings. The molecular weight excluding hydrogens is 266 g/mol. The Balaban J connectivity index is 2.09. The monoisotopic (exact) mass is 275 g/mol. The van der Waals surface area contributed by atoms with Gasteiger partial charge in [0.15, 0.2) is 5.54 Å². The van der Waals surface area contributed by atoms with Crippen molar-refractivity contribution >= 4 is 23.8 Å². The zero-order valence-electron chi connectivity index (χ0n) is 10.1. The van der Waals surface area contributed by atoms with Crippen LogP contribution in [-0.2, 0) is 9.59 Å². The normalized spacial score (nSPS) is 27.4. The number of hydrogen-bond acceptors (Lipinski definition) is 4. The number of aliphatic carboxylic acids is 2. The summed E-state index contributed by atoms with van der Waals surface area (Å²) in [6.45, 7) is 0. The van der Waals surface area contributed by atoms with Crippen LogP contribution in [-0.4, -0.2) is 44.4 Å². The lowest BCUT2D eigenvalue weighted by molar-refractivity contribution is -0.148. The van der Waals surface area contributed by atoms with Gasteiger partial charge in [-0.2, -0.15) is 0 Å². The number of amides is 2. The van der Waals surface area contributed by atoms with Crippen LogP contribution < -0.4 is 0 Å². The predicted octanol–water partition coefficient (Wildman–Crippen LogP) is 0.210. The Bertz CT molecular complexity index is 646. The van der Waals surface area contributed by atoms with Gasteiger partial charge >= 0.3 is 11.9 Å². The van der Waals surface area contributed by atoms with Crippen molar-refractivity contribution in [2.45, 2.75) is 12.0 Å². The van der Waals surface area contributed by atoms with Gasteiger partial charge in [0, 0.05) is 0 Å². The number of carboxylic acids is 2. The van der Waals surface area contributed by atoms with Crippen LogP contribution in [0.1, 0.15) is 27.1 Å². The number of carbonyl (C=O) groups excluding carboxylic acids is 2. The average molecular weight is 275 g/mol. The van der Waals surface area contributed by atoms with Crippen molar-refractivity contribution in [2.75, 3.05) is 0 Å². The smallest absolute Gasteiger partial charge is 0.331 e. The first-order valence-electron chi connectivity index (χ1n) is 5.85. The van der Waals surface area contributed by atoms with Gasteiger partial charge in [-0.1, -0.05) is 12.1 Å². The fourth-order valence-corrected chi connectivity index (χ4v) is 2.67. The van der Waals surface area contributed by atoms with E-state index in [-0.39, 0.29) is 17.5 Å². The van der Waals surface area contributed by atoms with Crippen molar-refractivity contribution in [2.24, 2.45) is 5.92 Å². The topological polar surface area (TPSA) is 112 Å². The molecule has 20 heavy (non-hydrogen) atoms.